The third kappa shape index (κ3) is 5.19. The van der Waals surface area contributed by atoms with Gasteiger partial charge in [0.1, 0.15) is 5.75 Å². The number of nitrogens with zero attached hydrogens (tertiary/aromatic N) is 1. The Kier molecular flexibility index (Phi) is 3.04. The van der Waals surface area contributed by atoms with Gasteiger partial charge in [-0.2, -0.15) is 0 Å². The van der Waals surface area contributed by atoms with Crippen molar-refractivity contribution in [1.29, 1.82) is 0 Å². The second-order valence-corrected chi connectivity index (χ2v) is 6.59. The Morgan fingerprint density at radius 3 is 2.61 bits per heavy atom. The zero-order valence-electron chi connectivity index (χ0n) is 22.5. The lowest BCUT2D eigenvalue weighted by Crippen LogP contribution is -2.46. The van der Waals surface area contributed by atoms with Crippen LogP contribution in [0.1, 0.15) is 37.8 Å². The molecule has 1 rings (SSSR count). The molecule has 23 heavy (non-hydrogen) atoms. The smallest absolute Gasteiger partial charge is 0.255 e. The molecular formula is C15H24N2O5S. The largest absolute Gasteiger partial charge is 0.633 e. The number of quaternary nitrogens is 1. The third-order valence-corrected chi connectivity index (χ3v) is 4.03. The number of carbonyl (C=O) groups excluding carboxylic acids is 1. The van der Waals surface area contributed by atoms with Crippen molar-refractivity contribution in [2.45, 2.75) is 18.6 Å². The molecule has 8 heteroatoms. The van der Waals surface area contributed by atoms with Crippen LogP contribution in [-0.2, 0) is 9.84 Å². The molecule has 0 radical (unpaired) electrons. The molecule has 0 aliphatic rings. The van der Waals surface area contributed by atoms with E-state index in [1.54, 1.807) is 0 Å². The summed E-state index contributed by atoms with van der Waals surface area (Å²) in [5, 5.41) is 15.4. The summed E-state index contributed by atoms with van der Waals surface area (Å²) in [6, 6.07) is 3.35. The lowest BCUT2D eigenvalue weighted by atomic mass is 10.2. The highest BCUT2D eigenvalue weighted by molar-refractivity contribution is 7.90. The Labute approximate surface area is 151 Å². The number of rotatable bonds is 8. The first-order chi connectivity index (χ1) is 14.5. The maximum atomic E-state index is 13.3. The molecule has 1 aromatic carbocycles. The zero-order valence-corrected chi connectivity index (χ0v) is 13.4. The maximum Gasteiger partial charge on any atom is 0.255 e. The van der Waals surface area contributed by atoms with Crippen molar-refractivity contribution in [2.75, 3.05) is 39.4 Å². The molecule has 0 saturated carbocycles. The van der Waals surface area contributed by atoms with E-state index in [1.165, 1.54) is 19.2 Å². The van der Waals surface area contributed by atoms with Gasteiger partial charge in [-0.3, -0.25) is 4.79 Å². The standard InChI is InChI=1S/C15H24N2O5S/c1-5-17(19,6-2)10-9-16-15(18)13-11-12(23(4,20)21)7-8-14(13)22-3/h7-8,11H,5-6,9-10H2,1-4H3,(H,16,18)/i1D3,2D3,5D2,6D2. The molecule has 1 aromatic rings. The zero-order chi connectivity index (χ0) is 26.3. The van der Waals surface area contributed by atoms with Crippen LogP contribution < -0.4 is 10.1 Å². The van der Waals surface area contributed by atoms with E-state index in [0.29, 0.717) is 0 Å². The first-order valence-electron chi connectivity index (χ1n) is 11.3. The molecule has 0 unspecified atom stereocenters. The van der Waals surface area contributed by atoms with Crippen LogP contribution in [0.5, 0.6) is 5.75 Å². The van der Waals surface area contributed by atoms with Gasteiger partial charge in [0, 0.05) is 14.5 Å². The number of nitrogens with one attached hydrogen (secondary N) is 1. The predicted octanol–water partition coefficient (Wildman–Crippen LogP) is 1.18. The molecule has 0 spiro atoms. The van der Waals surface area contributed by atoms with Crippen molar-refractivity contribution in [1.82, 2.24) is 5.32 Å². The molecule has 0 aromatic heterocycles. The number of sulfone groups is 1. The quantitative estimate of drug-likeness (QED) is 0.559. The van der Waals surface area contributed by atoms with Crippen molar-refractivity contribution < 1.29 is 36.3 Å². The molecule has 0 atom stereocenters. The number of carbonyl (C=O) groups is 1. The van der Waals surface area contributed by atoms with Gasteiger partial charge in [0.25, 0.3) is 5.91 Å². The van der Waals surface area contributed by atoms with Gasteiger partial charge in [-0.05, 0) is 31.9 Å². The number of hydrogen-bond donors (Lipinski definition) is 1. The lowest BCUT2D eigenvalue weighted by Gasteiger charge is -2.41. The number of hydroxylamine groups is 3. The van der Waals surface area contributed by atoms with Gasteiger partial charge in [-0.15, -0.1) is 0 Å². The highest BCUT2D eigenvalue weighted by Crippen LogP contribution is 2.22. The first-order valence-corrected chi connectivity index (χ1v) is 8.19. The summed E-state index contributed by atoms with van der Waals surface area (Å²) in [6.45, 7) is -17.4. The van der Waals surface area contributed by atoms with E-state index in [4.69, 9.17) is 18.4 Å². The molecule has 0 aliphatic carbocycles. The normalized spacial score (nSPS) is 20.8. The van der Waals surface area contributed by atoms with Gasteiger partial charge in [-0.1, -0.05) is 0 Å². The van der Waals surface area contributed by atoms with Crippen LogP contribution in [-0.4, -0.2) is 58.4 Å². The van der Waals surface area contributed by atoms with E-state index in [0.717, 1.165) is 12.3 Å². The van der Waals surface area contributed by atoms with Gasteiger partial charge in [0.05, 0.1) is 49.1 Å². The van der Waals surface area contributed by atoms with Gasteiger partial charge in [0.2, 0.25) is 0 Å². The fraction of sp³-hybridized carbons (Fsp3) is 0.533. The summed E-state index contributed by atoms with van der Waals surface area (Å²) in [7, 11) is -2.52. The highest BCUT2D eigenvalue weighted by atomic mass is 32.2. The summed E-state index contributed by atoms with van der Waals surface area (Å²) in [5.74, 6) is -1.06. The number of benzene rings is 1. The summed E-state index contributed by atoms with van der Waals surface area (Å²) in [6.07, 6.45) is 0.896. The molecule has 0 bridgehead atoms. The highest BCUT2D eigenvalue weighted by Gasteiger charge is 2.18. The van der Waals surface area contributed by atoms with Crippen LogP contribution in [0.4, 0.5) is 0 Å². The van der Waals surface area contributed by atoms with E-state index in [9.17, 15) is 18.4 Å². The summed E-state index contributed by atoms with van der Waals surface area (Å²) in [4.78, 5) is 12.3. The van der Waals surface area contributed by atoms with Gasteiger partial charge in [-0.25, -0.2) is 8.42 Å². The van der Waals surface area contributed by atoms with Crippen molar-refractivity contribution in [3.8, 4) is 5.75 Å². The minimum Gasteiger partial charge on any atom is -0.633 e. The number of methoxy groups -OCH3 is 1. The van der Waals surface area contributed by atoms with Crippen molar-refractivity contribution in [3.05, 3.63) is 29.0 Å². The Hall–Kier alpha value is -1.64. The van der Waals surface area contributed by atoms with Gasteiger partial charge in [0.15, 0.2) is 9.84 Å². The van der Waals surface area contributed by atoms with Crippen LogP contribution in [0.2, 0.25) is 0 Å². The summed E-state index contributed by atoms with van der Waals surface area (Å²) < 4.78 is 100. The first kappa shape index (κ1) is 9.00. The van der Waals surface area contributed by atoms with E-state index in [1.807, 2.05) is 0 Å². The second-order valence-electron chi connectivity index (χ2n) is 4.58. The Morgan fingerprint density at radius 2 is 2.09 bits per heavy atom. The van der Waals surface area contributed by atoms with Crippen LogP contribution in [0.15, 0.2) is 23.1 Å². The minimum atomic E-state index is -3.90. The minimum absolute atomic E-state index is 0.0570. The Balaban J connectivity index is 3.33. The van der Waals surface area contributed by atoms with Gasteiger partial charge < -0.3 is 19.9 Å². The second kappa shape index (κ2) is 7.76. The average Bonchev–Trinajstić information content (AvgIpc) is 2.64. The molecule has 1 N–H and O–H groups in total. The van der Waals surface area contributed by atoms with Crippen LogP contribution in [0, 0.1) is 5.21 Å². The summed E-state index contributed by atoms with van der Waals surface area (Å²) >= 11 is 0. The van der Waals surface area contributed by atoms with Crippen molar-refractivity contribution >= 4 is 15.7 Å². The fourth-order valence-electron chi connectivity index (χ4n) is 1.66. The average molecular weight is 354 g/mol. The number of ether oxygens (including phenoxy) is 1. The van der Waals surface area contributed by atoms with E-state index in [2.05, 4.69) is 5.32 Å². The van der Waals surface area contributed by atoms with Crippen molar-refractivity contribution in [2.24, 2.45) is 0 Å². The Morgan fingerprint density at radius 1 is 1.43 bits per heavy atom. The van der Waals surface area contributed by atoms with Crippen LogP contribution in [0.25, 0.3) is 0 Å². The summed E-state index contributed by atoms with van der Waals surface area (Å²) in [5.41, 5.74) is -0.290. The number of likely N-dealkylation sites (N-methyl/N-ethyl adjacent to an activating group) is 1. The van der Waals surface area contributed by atoms with Crippen molar-refractivity contribution in [3.63, 3.8) is 0 Å². The monoisotopic (exact) mass is 354 g/mol. The third-order valence-electron chi connectivity index (χ3n) is 2.92. The Bertz CT molecular complexity index is 966. The molecule has 0 heterocycles. The molecule has 0 fully saturated rings. The molecule has 7 nitrogen and oxygen atoms in total. The van der Waals surface area contributed by atoms with Crippen LogP contribution >= 0.6 is 0 Å². The molecule has 130 valence electrons. The predicted molar refractivity (Wildman–Crippen MR) is 88.0 cm³/mol. The van der Waals surface area contributed by atoms with E-state index < -0.39 is 60.2 Å². The number of hydrogen-bond acceptors (Lipinski definition) is 5. The SMILES string of the molecule is [2H]C([2H])([2H])C([2H])([2H])[N+]([O-])(CCNC(=O)c1cc(S(C)(=O)=O)ccc1OC)C([2H])([2H])C([2H])([2H])[2H]. The van der Waals surface area contributed by atoms with Crippen LogP contribution in [0.3, 0.4) is 0 Å². The maximum absolute atomic E-state index is 13.3. The van der Waals surface area contributed by atoms with Gasteiger partial charge >= 0.3 is 0 Å². The molecule has 1 amide bonds. The topological polar surface area (TPSA) is 95.5 Å². The fourth-order valence-corrected chi connectivity index (χ4v) is 2.30. The van der Waals surface area contributed by atoms with E-state index in [-0.39, 0.29) is 16.2 Å². The lowest BCUT2D eigenvalue weighted by molar-refractivity contribution is -0.875. The molecule has 0 aliphatic heterocycles. The van der Waals surface area contributed by atoms with E-state index >= 15 is 0 Å². The number of amides is 1. The molecular weight excluding hydrogens is 320 g/mol. The molecule has 0 saturated heterocycles.